The van der Waals surface area contributed by atoms with Gasteiger partial charge in [0.2, 0.25) is 0 Å². The van der Waals surface area contributed by atoms with Crippen LogP contribution in [-0.2, 0) is 0 Å². The van der Waals surface area contributed by atoms with E-state index in [1.807, 2.05) is 0 Å². The molecule has 0 aliphatic rings. The third-order valence-corrected chi connectivity index (χ3v) is 3.85. The number of nitrogens with zero attached hydrogens (tertiary/aromatic N) is 1. The molecule has 3 nitrogen and oxygen atoms in total. The van der Waals surface area contributed by atoms with Crippen molar-refractivity contribution in [3.8, 4) is 0 Å². The maximum atomic E-state index is 11.7. The summed E-state index contributed by atoms with van der Waals surface area (Å²) in [7, 11) is 3.58. The fourth-order valence-electron chi connectivity index (χ4n) is 1.46. The summed E-state index contributed by atoms with van der Waals surface area (Å²) >= 11 is 1.41. The van der Waals surface area contributed by atoms with E-state index in [9.17, 15) is 4.79 Å². The van der Waals surface area contributed by atoms with Crippen LogP contribution < -0.4 is 0 Å². The molecule has 0 aliphatic carbocycles. The first-order valence-electron chi connectivity index (χ1n) is 6.77. The molecule has 0 rings (SSSR count). The predicted octanol–water partition coefficient (Wildman–Crippen LogP) is 3.68. The van der Waals surface area contributed by atoms with Crippen LogP contribution in [0.1, 0.15) is 45.4 Å². The Morgan fingerprint density at radius 3 is 2.61 bits per heavy atom. The van der Waals surface area contributed by atoms with Gasteiger partial charge >= 0.3 is 0 Å². The van der Waals surface area contributed by atoms with Gasteiger partial charge < -0.3 is 10.0 Å². The molecule has 0 saturated heterocycles. The number of aliphatic hydroxyl groups excluding tert-OH is 1. The normalized spacial score (nSPS) is 12.9. The molecule has 0 fully saturated rings. The molecule has 1 amide bonds. The van der Waals surface area contributed by atoms with Crippen LogP contribution in [0.4, 0.5) is 4.79 Å². The summed E-state index contributed by atoms with van der Waals surface area (Å²) in [6.07, 6.45) is 10.5. The molecule has 1 unspecified atom stereocenters. The highest BCUT2D eigenvalue weighted by molar-refractivity contribution is 8.14. The predicted molar refractivity (Wildman–Crippen MR) is 80.1 cm³/mol. The second kappa shape index (κ2) is 11.6. The fraction of sp³-hybridized carbons (Fsp3) is 0.786. The topological polar surface area (TPSA) is 40.5 Å². The van der Waals surface area contributed by atoms with E-state index < -0.39 is 0 Å². The molecular weight excluding hydrogens is 246 g/mol. The van der Waals surface area contributed by atoms with E-state index in [1.165, 1.54) is 11.8 Å². The summed E-state index contributed by atoms with van der Waals surface area (Å²) in [5.41, 5.74) is 0. The van der Waals surface area contributed by atoms with E-state index in [1.54, 1.807) is 19.0 Å². The number of unbranched alkanes of at least 4 members (excludes halogenated alkanes) is 3. The van der Waals surface area contributed by atoms with Gasteiger partial charge in [-0.1, -0.05) is 43.7 Å². The van der Waals surface area contributed by atoms with Gasteiger partial charge in [0.1, 0.15) is 0 Å². The Balaban J connectivity index is 4.08. The van der Waals surface area contributed by atoms with Gasteiger partial charge in [0, 0.05) is 26.0 Å². The summed E-state index contributed by atoms with van der Waals surface area (Å²) < 4.78 is 0. The Hall–Kier alpha value is -0.480. The van der Waals surface area contributed by atoms with Crippen molar-refractivity contribution >= 4 is 17.0 Å². The lowest BCUT2D eigenvalue weighted by Crippen LogP contribution is -2.19. The smallest absolute Gasteiger partial charge is 0.281 e. The Morgan fingerprint density at radius 1 is 1.33 bits per heavy atom. The van der Waals surface area contributed by atoms with Crippen molar-refractivity contribution in [3.05, 3.63) is 12.2 Å². The highest BCUT2D eigenvalue weighted by Gasteiger charge is 2.12. The second-order valence-electron chi connectivity index (χ2n) is 4.61. The molecule has 0 bridgehead atoms. The van der Waals surface area contributed by atoms with E-state index in [0.29, 0.717) is 0 Å². The number of carbonyl (C=O) groups excluding carboxylic acids is 1. The molecule has 0 aromatic rings. The first-order valence-corrected chi connectivity index (χ1v) is 7.65. The number of thioether (sulfide) groups is 1. The van der Waals surface area contributed by atoms with E-state index in [2.05, 4.69) is 19.1 Å². The molecule has 4 heteroatoms. The third kappa shape index (κ3) is 9.54. The molecule has 1 atom stereocenters. The Morgan fingerprint density at radius 2 is 2.06 bits per heavy atom. The monoisotopic (exact) mass is 273 g/mol. The lowest BCUT2D eigenvalue weighted by Gasteiger charge is -2.15. The van der Waals surface area contributed by atoms with Crippen LogP contribution in [0.5, 0.6) is 0 Å². The van der Waals surface area contributed by atoms with Crippen LogP contribution in [-0.4, -0.2) is 41.2 Å². The number of aliphatic hydroxyl groups is 1. The third-order valence-electron chi connectivity index (χ3n) is 2.59. The quantitative estimate of drug-likeness (QED) is 0.514. The van der Waals surface area contributed by atoms with Crippen molar-refractivity contribution < 1.29 is 9.90 Å². The van der Waals surface area contributed by atoms with Gasteiger partial charge in [0.25, 0.3) is 5.24 Å². The van der Waals surface area contributed by atoms with Crippen LogP contribution in [0, 0.1) is 0 Å². The standard InChI is InChI=1S/C14H27NO2S/c1-4-5-10-13(18-14(17)15(2)3)11-8-6-7-9-12-16/h8,11,13,16H,4-7,9-10,12H2,1-3H3/b11-8-. The summed E-state index contributed by atoms with van der Waals surface area (Å²) in [4.78, 5) is 13.3. The lowest BCUT2D eigenvalue weighted by molar-refractivity contribution is 0.241. The van der Waals surface area contributed by atoms with Crippen LogP contribution in [0.25, 0.3) is 0 Å². The van der Waals surface area contributed by atoms with E-state index in [-0.39, 0.29) is 17.1 Å². The molecule has 0 heterocycles. The number of hydrogen-bond donors (Lipinski definition) is 1. The highest BCUT2D eigenvalue weighted by Crippen LogP contribution is 2.21. The Bertz CT molecular complexity index is 242. The average Bonchev–Trinajstić information content (AvgIpc) is 2.34. The first kappa shape index (κ1) is 17.5. The summed E-state index contributed by atoms with van der Waals surface area (Å²) in [6, 6.07) is 0. The van der Waals surface area contributed by atoms with Gasteiger partial charge in [-0.2, -0.15) is 0 Å². The van der Waals surface area contributed by atoms with Gasteiger partial charge in [0.05, 0.1) is 0 Å². The molecular formula is C14H27NO2S. The van der Waals surface area contributed by atoms with Gasteiger partial charge in [-0.25, -0.2) is 0 Å². The summed E-state index contributed by atoms with van der Waals surface area (Å²) in [5.74, 6) is 0. The fourth-order valence-corrected chi connectivity index (χ4v) is 2.40. The minimum Gasteiger partial charge on any atom is -0.396 e. The van der Waals surface area contributed by atoms with Gasteiger partial charge in [-0.05, 0) is 25.7 Å². The molecule has 0 aromatic carbocycles. The van der Waals surface area contributed by atoms with Crippen molar-refractivity contribution in [2.75, 3.05) is 20.7 Å². The van der Waals surface area contributed by atoms with Crippen molar-refractivity contribution in [1.82, 2.24) is 4.90 Å². The van der Waals surface area contributed by atoms with E-state index >= 15 is 0 Å². The van der Waals surface area contributed by atoms with Crippen LogP contribution in [0.3, 0.4) is 0 Å². The molecule has 0 saturated carbocycles. The van der Waals surface area contributed by atoms with Crippen LogP contribution in [0.15, 0.2) is 12.2 Å². The number of rotatable bonds is 9. The Kier molecular flexibility index (Phi) is 11.3. The lowest BCUT2D eigenvalue weighted by atomic mass is 10.1. The number of allylic oxidation sites excluding steroid dienone is 1. The zero-order valence-electron chi connectivity index (χ0n) is 11.9. The van der Waals surface area contributed by atoms with Crippen molar-refractivity contribution in [1.29, 1.82) is 0 Å². The summed E-state index contributed by atoms with van der Waals surface area (Å²) in [5, 5.41) is 9.10. The molecule has 1 N–H and O–H groups in total. The maximum Gasteiger partial charge on any atom is 0.281 e. The molecule has 0 aliphatic heterocycles. The highest BCUT2D eigenvalue weighted by atomic mass is 32.2. The molecule has 0 aromatic heterocycles. The summed E-state index contributed by atoms with van der Waals surface area (Å²) in [6.45, 7) is 2.43. The minimum absolute atomic E-state index is 0.121. The number of amides is 1. The number of carbonyl (C=O) groups is 1. The Labute approximate surface area is 116 Å². The van der Waals surface area contributed by atoms with Gasteiger partial charge in [0.15, 0.2) is 0 Å². The van der Waals surface area contributed by atoms with Crippen molar-refractivity contribution in [2.24, 2.45) is 0 Å². The second-order valence-corrected chi connectivity index (χ2v) is 5.80. The SMILES string of the molecule is CCCCC(/C=C\CCCCO)SC(=O)N(C)C. The van der Waals surface area contributed by atoms with Crippen LogP contribution in [0.2, 0.25) is 0 Å². The largest absolute Gasteiger partial charge is 0.396 e. The number of hydrogen-bond acceptors (Lipinski definition) is 3. The van der Waals surface area contributed by atoms with Gasteiger partial charge in [-0.15, -0.1) is 0 Å². The van der Waals surface area contributed by atoms with Crippen molar-refractivity contribution in [3.63, 3.8) is 0 Å². The van der Waals surface area contributed by atoms with E-state index in [0.717, 1.165) is 38.5 Å². The zero-order valence-corrected chi connectivity index (χ0v) is 12.7. The molecule has 0 radical (unpaired) electrons. The van der Waals surface area contributed by atoms with Crippen molar-refractivity contribution in [2.45, 2.75) is 50.7 Å². The molecule has 18 heavy (non-hydrogen) atoms. The average molecular weight is 273 g/mol. The van der Waals surface area contributed by atoms with Gasteiger partial charge in [-0.3, -0.25) is 4.79 Å². The molecule has 0 spiro atoms. The van der Waals surface area contributed by atoms with E-state index in [4.69, 9.17) is 5.11 Å². The molecule has 106 valence electrons. The van der Waals surface area contributed by atoms with Crippen LogP contribution >= 0.6 is 11.8 Å². The zero-order chi connectivity index (χ0) is 13.8. The first-order chi connectivity index (χ1) is 8.61. The maximum absolute atomic E-state index is 11.7. The minimum atomic E-state index is 0.121.